The topological polar surface area (TPSA) is 653 Å². The van der Waals surface area contributed by atoms with Crippen LogP contribution in [0.3, 0.4) is 0 Å². The third-order valence-electron chi connectivity index (χ3n) is 19.4. The zero-order valence-corrected chi connectivity index (χ0v) is 67.9. The number of hydrogen-bond acceptors (Lipinski definition) is 38. The summed E-state index contributed by atoms with van der Waals surface area (Å²) in [6.45, 7) is 9.20. The van der Waals surface area contributed by atoms with Crippen LogP contribution in [-0.2, 0) is 9.47 Å². The first-order valence-electron chi connectivity index (χ1n) is 41.4. The fourth-order valence-electron chi connectivity index (χ4n) is 13.7. The number of carbonyl (C=O) groups excluding carboxylic acids is 2. The van der Waals surface area contributed by atoms with Crippen molar-refractivity contribution in [3.05, 3.63) is 122 Å². The zero-order valence-electron chi connectivity index (χ0n) is 74.9. The molecular weight excluding hydrogens is 1610 g/mol. The summed E-state index contributed by atoms with van der Waals surface area (Å²) in [4.78, 5) is 77.1. The third-order valence-corrected chi connectivity index (χ3v) is 19.4. The van der Waals surface area contributed by atoms with Crippen molar-refractivity contribution >= 4 is 181 Å². The van der Waals surface area contributed by atoms with Crippen molar-refractivity contribution in [2.75, 3.05) is 77.3 Å². The summed E-state index contributed by atoms with van der Waals surface area (Å²) < 4.78 is 98.2. The van der Waals surface area contributed by atoms with Crippen LogP contribution in [0.15, 0.2) is 139 Å². The second-order valence-electron chi connectivity index (χ2n) is 28.7. The summed E-state index contributed by atoms with van der Waals surface area (Å²) in [5.41, 5.74) is 60.2. The molecule has 0 aliphatic rings. The summed E-state index contributed by atoms with van der Waals surface area (Å²) in [5.74, 6) is 2.55. The Labute approximate surface area is 713 Å². The molecule has 0 radical (unpaired) electrons. The lowest BCUT2D eigenvalue weighted by Crippen LogP contribution is -2.11. The molecule has 0 aliphatic heterocycles. The molecule has 2 amide bonds. The molecule has 15 heterocycles. The van der Waals surface area contributed by atoms with E-state index >= 15 is 0 Å². The number of nitrogen functional groups attached to an aromatic ring is 8. The van der Waals surface area contributed by atoms with Crippen LogP contribution >= 0.6 is 0 Å². The highest BCUT2D eigenvalue weighted by Gasteiger charge is 2.28. The van der Waals surface area contributed by atoms with Crippen LogP contribution in [0.4, 0.5) is 68.4 Å². The van der Waals surface area contributed by atoms with Crippen LogP contribution in [0, 0.1) is 6.92 Å². The average Bonchev–Trinajstić information content (AvgIpc) is 1.56. The van der Waals surface area contributed by atoms with Crippen LogP contribution in [0.2, 0.25) is 0 Å². The number of carbonyl (C=O) groups is 2. The van der Waals surface area contributed by atoms with Crippen molar-refractivity contribution in [1.82, 2.24) is 124 Å². The Morgan fingerprint density at radius 2 is 0.760 bits per heavy atom. The maximum atomic E-state index is 11.5. The number of aliphatic hydroxyl groups is 1. The highest BCUT2D eigenvalue weighted by molar-refractivity contribution is 6.06. The molecule has 5 aromatic carbocycles. The Morgan fingerprint density at radius 3 is 1.17 bits per heavy atom. The van der Waals surface area contributed by atoms with Gasteiger partial charge in [-0.15, -0.1) is 0 Å². The maximum Gasteiger partial charge on any atom is 0.412 e. The monoisotopic (exact) mass is 1700 g/mol. The first kappa shape index (κ1) is 73.3. The van der Waals surface area contributed by atoms with E-state index in [9.17, 15) is 14.7 Å². The number of fused-ring (bicyclic) bond motifs is 10. The Balaban J connectivity index is 0.000000121. The van der Waals surface area contributed by atoms with Gasteiger partial charge in [0.25, 0.3) is 18.0 Å². The van der Waals surface area contributed by atoms with Gasteiger partial charge in [-0.25, -0.2) is 82.8 Å². The molecular formula is C80H81N35O10. The molecule has 0 aliphatic carbocycles. The van der Waals surface area contributed by atoms with E-state index in [-0.39, 0.29) is 83.0 Å². The van der Waals surface area contributed by atoms with Crippen molar-refractivity contribution in [3.63, 3.8) is 0 Å². The Morgan fingerprint density at radius 1 is 0.416 bits per heavy atom. The molecule has 0 bridgehead atoms. The summed E-state index contributed by atoms with van der Waals surface area (Å²) in [5, 5.41) is 49.2. The minimum absolute atomic E-state index is 0.0460. The van der Waals surface area contributed by atoms with Gasteiger partial charge in [0.1, 0.15) is 105 Å². The molecule has 19 N–H and O–H groups in total. The predicted molar refractivity (Wildman–Crippen MR) is 467 cm³/mol. The van der Waals surface area contributed by atoms with E-state index in [2.05, 4.69) is 116 Å². The predicted octanol–water partition coefficient (Wildman–Crippen LogP) is 12.4. The minimum Gasteiger partial charge on any atom is -0.453 e. The van der Waals surface area contributed by atoms with Gasteiger partial charge in [-0.1, -0.05) is 16.4 Å². The number of nitrogens with one attached hydrogen (secondary N) is 2. The summed E-state index contributed by atoms with van der Waals surface area (Å²) in [7, 11) is 2.55. The molecule has 0 spiro atoms. The van der Waals surface area contributed by atoms with Gasteiger partial charge in [-0.05, 0) is 154 Å². The minimum atomic E-state index is -3.27. The number of aryl methyl sites for hydroxylation is 1. The number of anilines is 10. The number of benzene rings is 5. The highest BCUT2D eigenvalue weighted by Crippen LogP contribution is 2.41. The van der Waals surface area contributed by atoms with E-state index in [4.69, 9.17) is 82.9 Å². The van der Waals surface area contributed by atoms with Gasteiger partial charge >= 0.3 is 12.2 Å². The Bertz CT molecular complexity index is 7840. The molecule has 0 fully saturated rings. The van der Waals surface area contributed by atoms with E-state index in [1.807, 2.05) is 109 Å². The number of nitrogens with two attached hydrogens (primary N) is 8. The molecule has 1 unspecified atom stereocenters. The largest absolute Gasteiger partial charge is 0.453 e. The zero-order chi connectivity index (χ0) is 94.2. The molecule has 636 valence electrons. The van der Waals surface area contributed by atoms with E-state index in [0.717, 1.165) is 45.3 Å². The van der Waals surface area contributed by atoms with E-state index in [1.54, 1.807) is 56.5 Å². The SMILES string of the molecule is CC(CO)n1nc(-c2ccc3oc(N)nc3c2)c2c(N)ncnc21.COC(=O)Nc1noc2cc(-c3nn(C(C)C)c4ncnc(N)c34)ccc12.COC(=O)Nc1noc2ccc(-c3nn(C(C)C)c4ncnc(N)c34)cc12.Cc1nc(N)c2c(-c3ccc4oc(N)nc4c3)nn(C(C)C)c2n1.[2H]C([2H])([2H])C([2H])(n1nc(-c2ccc3oc(N)nc3c2)c2c(N)ncnc21)C([2H])([2H])[2H]. The van der Waals surface area contributed by atoms with Crippen LogP contribution in [0.5, 0.6) is 0 Å². The van der Waals surface area contributed by atoms with Gasteiger partial charge in [0.2, 0.25) is 0 Å². The van der Waals surface area contributed by atoms with Gasteiger partial charge in [0, 0.05) is 60.2 Å². The number of methoxy groups -OCH3 is 2. The molecule has 125 heavy (non-hydrogen) atoms. The maximum absolute atomic E-state index is 11.5. The number of aliphatic hydroxyl groups excluding tert-OH is 1. The van der Waals surface area contributed by atoms with Crippen LogP contribution in [-0.4, -0.2) is 162 Å². The second-order valence-corrected chi connectivity index (χ2v) is 28.7. The lowest BCUT2D eigenvalue weighted by molar-refractivity contribution is 0.186. The van der Waals surface area contributed by atoms with Crippen LogP contribution in [0.25, 0.3) is 167 Å². The van der Waals surface area contributed by atoms with Crippen LogP contribution in [0.1, 0.15) is 108 Å². The van der Waals surface area contributed by atoms with Gasteiger partial charge in [-0.3, -0.25) is 10.6 Å². The molecule has 20 aromatic rings. The van der Waals surface area contributed by atoms with E-state index in [0.29, 0.717) is 145 Å². The van der Waals surface area contributed by atoms with Crippen LogP contribution < -0.4 is 56.5 Å². The lowest BCUT2D eigenvalue weighted by atomic mass is 10.1. The number of oxazole rings is 3. The summed E-state index contributed by atoms with van der Waals surface area (Å²) in [6.07, 6.45) is 4.01. The van der Waals surface area contributed by atoms with E-state index in [1.165, 1.54) is 33.2 Å². The van der Waals surface area contributed by atoms with Crippen molar-refractivity contribution in [2.24, 2.45) is 0 Å². The van der Waals surface area contributed by atoms with Gasteiger partial charge < -0.3 is 82.7 Å². The number of hydrogen-bond donors (Lipinski definition) is 11. The number of nitrogens with zero attached hydrogens (tertiary/aromatic N) is 25. The normalized spacial score (nSPS) is 13.0. The first-order valence-corrected chi connectivity index (χ1v) is 37.9. The van der Waals surface area contributed by atoms with Gasteiger partial charge in [0.15, 0.2) is 67.8 Å². The molecule has 1 atom stereocenters. The standard InChI is InChI=1S/2C17H17N7O3.C16H17N7O.C15H15N7O2.C15H15N7O/c1-8(2)24-16-12(14(18)19-7-20-16)13(22-24)9-4-5-11-10(6-9)15(23-27-11)21-17(25)26-3;1-8(2)24-16-12(14(18)19-7-20-16)13(22-24)9-4-5-10-11(6-9)27-23-15(10)21-17(25)26-3;1-7(2)23-15-12(14(17)19-8(3)20-15)13(22-23)9-4-5-11-10(6-9)21-16(18)24-11;1-7(5-23)22-14-11(13(16)18-6-19-14)12(21-22)8-2-3-10-9(4-8)20-15(17)24-10;1-7(2)22-14-11(13(16)18-6-19-14)12(21-22)8-3-4-10-9(5-8)20-15(17)23-10/h2*4-8H,1-3H3,(H2,18,19,20)(H,21,23,25);4-7H,1-3H3,(H2,18,21)(H2,17,19,20);2-4,6-7,23H,5H2,1H3,(H2,17,20)(H2,16,18,19);3-7H,1-2H3,(H2,17,20)(H2,16,18,19)/i;;;;1D3,2D3,7D. The van der Waals surface area contributed by atoms with Gasteiger partial charge in [0.05, 0.1) is 65.9 Å². The quantitative estimate of drug-likeness (QED) is 0.0511. The molecule has 15 aromatic heterocycles. The fourth-order valence-corrected chi connectivity index (χ4v) is 13.7. The Kier molecular flexibility index (Phi) is 19.3. The molecule has 0 saturated carbocycles. The Hall–Kier alpha value is -16.9. The highest BCUT2D eigenvalue weighted by atomic mass is 16.5. The fraction of sp³-hybridized carbons (Fsp3) is 0.225. The summed E-state index contributed by atoms with van der Waals surface area (Å²) in [6, 6.07) is 23.7. The smallest absolute Gasteiger partial charge is 0.412 e. The molecule has 45 heteroatoms. The average molecular weight is 1700 g/mol. The molecule has 45 nitrogen and oxygen atoms in total. The number of rotatable bonds is 13. The first-order chi connectivity index (χ1) is 62.8. The third kappa shape index (κ3) is 15.5. The summed E-state index contributed by atoms with van der Waals surface area (Å²) >= 11 is 0. The van der Waals surface area contributed by atoms with E-state index < -0.39 is 31.9 Å². The van der Waals surface area contributed by atoms with Crippen molar-refractivity contribution in [2.45, 2.75) is 99.3 Å². The van der Waals surface area contributed by atoms with Gasteiger partial charge in [-0.2, -0.15) is 40.4 Å². The number of amides is 2. The van der Waals surface area contributed by atoms with Crippen molar-refractivity contribution in [3.8, 4) is 56.3 Å². The molecule has 20 rings (SSSR count). The molecule has 0 saturated heterocycles. The van der Waals surface area contributed by atoms with Crippen molar-refractivity contribution < 1.29 is 56.1 Å². The van der Waals surface area contributed by atoms with Crippen molar-refractivity contribution in [1.29, 1.82) is 0 Å². The second kappa shape index (κ2) is 33.0. The number of aromatic nitrogens is 25. The number of ether oxygens (including phenoxy) is 2. The lowest BCUT2D eigenvalue weighted by Gasteiger charge is -2.08.